The summed E-state index contributed by atoms with van der Waals surface area (Å²) in [6.07, 6.45) is 0. The average Bonchev–Trinajstić information content (AvgIpc) is 2.45. The maximum absolute atomic E-state index is 12.1. The molecule has 0 aliphatic rings. The number of rotatable bonds is 4. The topological polar surface area (TPSA) is 66.9 Å². The van der Waals surface area contributed by atoms with Gasteiger partial charge in [-0.15, -0.1) is 10.2 Å². The predicted octanol–water partition coefficient (Wildman–Crippen LogP) is 2.93. The third-order valence-electron chi connectivity index (χ3n) is 3.10. The van der Waals surface area contributed by atoms with Crippen LogP contribution in [0.3, 0.4) is 0 Å². The van der Waals surface area contributed by atoms with Crippen molar-refractivity contribution in [1.82, 2.24) is 15.5 Å². The van der Waals surface area contributed by atoms with Crippen molar-refractivity contribution < 1.29 is 4.79 Å². The van der Waals surface area contributed by atoms with Crippen molar-refractivity contribution in [2.45, 2.75) is 39.8 Å². The summed E-state index contributed by atoms with van der Waals surface area (Å²) in [5, 5.41) is 14.1. The summed E-state index contributed by atoms with van der Waals surface area (Å²) in [5.41, 5.74) is 2.46. The zero-order chi connectivity index (χ0) is 16.2. The highest BCUT2D eigenvalue weighted by Gasteiger charge is 2.12. The van der Waals surface area contributed by atoms with E-state index in [1.54, 1.807) is 12.1 Å². The zero-order valence-corrected chi connectivity index (χ0v) is 13.5. The second-order valence-corrected chi connectivity index (χ2v) is 6.29. The minimum Gasteiger partial charge on any atom is -0.364 e. The van der Waals surface area contributed by atoms with Crippen LogP contribution >= 0.6 is 0 Å². The highest BCUT2D eigenvalue weighted by atomic mass is 16.1. The highest BCUT2D eigenvalue weighted by molar-refractivity contribution is 5.92. The van der Waals surface area contributed by atoms with E-state index in [1.807, 2.05) is 52.0 Å². The van der Waals surface area contributed by atoms with Crippen molar-refractivity contribution in [1.29, 1.82) is 0 Å². The van der Waals surface area contributed by atoms with Crippen molar-refractivity contribution in [2.75, 3.05) is 5.32 Å². The number of hydrogen-bond acceptors (Lipinski definition) is 4. The van der Waals surface area contributed by atoms with Gasteiger partial charge in [-0.25, -0.2) is 0 Å². The number of aryl methyl sites for hydroxylation is 1. The van der Waals surface area contributed by atoms with Gasteiger partial charge in [-0.1, -0.05) is 24.3 Å². The number of carbonyl (C=O) groups is 1. The lowest BCUT2D eigenvalue weighted by molar-refractivity contribution is 0.0945. The minimum absolute atomic E-state index is 0.0940. The average molecular weight is 298 g/mol. The van der Waals surface area contributed by atoms with Gasteiger partial charge in [0, 0.05) is 12.1 Å². The number of benzene rings is 1. The first-order valence-electron chi connectivity index (χ1n) is 7.30. The van der Waals surface area contributed by atoms with E-state index in [0.717, 1.165) is 11.1 Å². The van der Waals surface area contributed by atoms with Gasteiger partial charge in [0.05, 0.1) is 0 Å². The van der Waals surface area contributed by atoms with Crippen LogP contribution in [0.4, 0.5) is 5.82 Å². The molecule has 1 aromatic heterocycles. The molecule has 2 rings (SSSR count). The Bertz CT molecular complexity index is 644. The quantitative estimate of drug-likeness (QED) is 0.910. The van der Waals surface area contributed by atoms with E-state index >= 15 is 0 Å². The molecule has 1 aromatic carbocycles. The van der Waals surface area contributed by atoms with Crippen LogP contribution in [0, 0.1) is 6.92 Å². The number of nitrogens with zero attached hydrogens (tertiary/aromatic N) is 2. The normalized spacial score (nSPS) is 11.1. The van der Waals surface area contributed by atoms with Gasteiger partial charge in [-0.3, -0.25) is 4.79 Å². The van der Waals surface area contributed by atoms with Crippen molar-refractivity contribution >= 4 is 11.7 Å². The molecule has 0 saturated heterocycles. The predicted molar refractivity (Wildman–Crippen MR) is 87.8 cm³/mol. The van der Waals surface area contributed by atoms with Crippen LogP contribution in [0.2, 0.25) is 0 Å². The summed E-state index contributed by atoms with van der Waals surface area (Å²) >= 11 is 0. The molecule has 1 amide bonds. The highest BCUT2D eigenvalue weighted by Crippen LogP contribution is 2.11. The van der Waals surface area contributed by atoms with Gasteiger partial charge >= 0.3 is 0 Å². The van der Waals surface area contributed by atoms with Crippen molar-refractivity contribution in [3.8, 4) is 0 Å². The van der Waals surface area contributed by atoms with Crippen LogP contribution in [-0.4, -0.2) is 21.6 Å². The third kappa shape index (κ3) is 4.55. The standard InChI is InChI=1S/C17H22N4O/c1-12-7-5-6-8-13(12)11-18-16(22)14-9-10-15(21-20-14)19-17(2,3)4/h5-10H,11H2,1-4H3,(H,18,22)(H,19,21). The fraction of sp³-hybridized carbons (Fsp3) is 0.353. The van der Waals surface area contributed by atoms with E-state index < -0.39 is 0 Å². The SMILES string of the molecule is Cc1ccccc1CNC(=O)c1ccc(NC(C)(C)C)nn1. The maximum atomic E-state index is 12.1. The molecule has 0 bridgehead atoms. The first-order chi connectivity index (χ1) is 10.3. The number of hydrogen-bond donors (Lipinski definition) is 2. The van der Waals surface area contributed by atoms with Gasteiger partial charge in [-0.05, 0) is 51.0 Å². The van der Waals surface area contributed by atoms with Gasteiger partial charge in [0.1, 0.15) is 5.82 Å². The Hall–Kier alpha value is -2.43. The molecule has 5 heteroatoms. The van der Waals surface area contributed by atoms with E-state index in [-0.39, 0.29) is 11.4 Å². The van der Waals surface area contributed by atoms with Crippen LogP contribution in [0.5, 0.6) is 0 Å². The van der Waals surface area contributed by atoms with Crippen LogP contribution in [0.25, 0.3) is 0 Å². The van der Waals surface area contributed by atoms with Crippen LogP contribution in [0.15, 0.2) is 36.4 Å². The van der Waals surface area contributed by atoms with Crippen LogP contribution in [-0.2, 0) is 6.54 Å². The molecule has 5 nitrogen and oxygen atoms in total. The fourth-order valence-electron chi connectivity index (χ4n) is 1.98. The van der Waals surface area contributed by atoms with Gasteiger partial charge in [0.15, 0.2) is 5.69 Å². The molecule has 2 N–H and O–H groups in total. The zero-order valence-electron chi connectivity index (χ0n) is 13.5. The molecule has 0 aliphatic carbocycles. The number of nitrogens with one attached hydrogen (secondary N) is 2. The van der Waals surface area contributed by atoms with Crippen molar-refractivity contribution in [2.24, 2.45) is 0 Å². The molecule has 0 spiro atoms. The van der Waals surface area contributed by atoms with Crippen molar-refractivity contribution in [3.05, 3.63) is 53.2 Å². The number of carbonyl (C=O) groups excluding carboxylic acids is 1. The smallest absolute Gasteiger partial charge is 0.272 e. The molecule has 2 aromatic rings. The summed E-state index contributed by atoms with van der Waals surface area (Å²) in [7, 11) is 0. The first-order valence-corrected chi connectivity index (χ1v) is 7.30. The Balaban J connectivity index is 1.97. The summed E-state index contributed by atoms with van der Waals surface area (Å²) in [6, 6.07) is 11.4. The second kappa shape index (κ2) is 6.56. The molecule has 0 atom stereocenters. The van der Waals surface area contributed by atoms with E-state index in [4.69, 9.17) is 0 Å². The summed E-state index contributed by atoms with van der Waals surface area (Å²) in [6.45, 7) is 8.62. The van der Waals surface area contributed by atoms with E-state index in [2.05, 4.69) is 20.8 Å². The summed E-state index contributed by atoms with van der Waals surface area (Å²) in [5.74, 6) is 0.431. The number of aromatic nitrogens is 2. The van der Waals surface area contributed by atoms with Crippen LogP contribution in [0.1, 0.15) is 42.4 Å². The minimum atomic E-state index is -0.224. The monoisotopic (exact) mass is 298 g/mol. The van der Waals surface area contributed by atoms with Gasteiger partial charge in [0.25, 0.3) is 5.91 Å². The molecule has 0 saturated carbocycles. The van der Waals surface area contributed by atoms with Gasteiger partial charge in [0.2, 0.25) is 0 Å². The Morgan fingerprint density at radius 2 is 1.82 bits per heavy atom. The van der Waals surface area contributed by atoms with E-state index in [9.17, 15) is 4.79 Å². The number of amides is 1. The molecular weight excluding hydrogens is 276 g/mol. The van der Waals surface area contributed by atoms with Crippen LogP contribution < -0.4 is 10.6 Å². The molecule has 116 valence electrons. The Morgan fingerprint density at radius 1 is 1.09 bits per heavy atom. The largest absolute Gasteiger partial charge is 0.364 e. The summed E-state index contributed by atoms with van der Waals surface area (Å²) in [4.78, 5) is 12.1. The molecule has 1 heterocycles. The third-order valence-corrected chi connectivity index (χ3v) is 3.10. The Kier molecular flexibility index (Phi) is 4.75. The molecule has 0 radical (unpaired) electrons. The fourth-order valence-corrected chi connectivity index (χ4v) is 1.98. The molecule has 22 heavy (non-hydrogen) atoms. The maximum Gasteiger partial charge on any atom is 0.272 e. The molecule has 0 aliphatic heterocycles. The Labute approximate surface area is 131 Å². The molecular formula is C17H22N4O. The second-order valence-electron chi connectivity index (χ2n) is 6.29. The van der Waals surface area contributed by atoms with E-state index in [1.165, 1.54) is 0 Å². The first kappa shape index (κ1) is 15.9. The van der Waals surface area contributed by atoms with Gasteiger partial charge < -0.3 is 10.6 Å². The van der Waals surface area contributed by atoms with Crippen molar-refractivity contribution in [3.63, 3.8) is 0 Å². The number of anilines is 1. The summed E-state index contributed by atoms with van der Waals surface area (Å²) < 4.78 is 0. The molecule has 0 unspecified atom stereocenters. The lowest BCUT2D eigenvalue weighted by atomic mass is 10.1. The Morgan fingerprint density at radius 3 is 2.41 bits per heavy atom. The van der Waals surface area contributed by atoms with Gasteiger partial charge in [-0.2, -0.15) is 0 Å². The molecule has 0 fully saturated rings. The lowest BCUT2D eigenvalue weighted by Crippen LogP contribution is -2.28. The van der Waals surface area contributed by atoms with E-state index in [0.29, 0.717) is 18.1 Å². The lowest BCUT2D eigenvalue weighted by Gasteiger charge is -2.20.